The summed E-state index contributed by atoms with van der Waals surface area (Å²) in [5.74, 6) is 0.756. The monoisotopic (exact) mass is 396 g/mol. The molecule has 1 rings (SSSR count). The second-order valence-electron chi connectivity index (χ2n) is 3.74. The maximum atomic E-state index is 10.7. The highest BCUT2D eigenvalue weighted by Crippen LogP contribution is 2.06. The Bertz CT molecular complexity index is 381. The van der Waals surface area contributed by atoms with Gasteiger partial charge in [0.1, 0.15) is 0 Å². The van der Waals surface area contributed by atoms with Crippen LogP contribution < -0.4 is 16.0 Å². The number of nitrogens with zero attached hydrogens (tertiary/aromatic N) is 1. The van der Waals surface area contributed by atoms with Crippen molar-refractivity contribution in [3.8, 4) is 0 Å². The van der Waals surface area contributed by atoms with E-state index in [2.05, 4.69) is 32.4 Å². The lowest BCUT2D eigenvalue weighted by molar-refractivity contribution is -0.118. The van der Waals surface area contributed by atoms with Gasteiger partial charge in [-0.25, -0.2) is 4.99 Å². The molecule has 0 atom stereocenters. The maximum Gasteiger partial charge on any atom is 0.216 e. The highest BCUT2D eigenvalue weighted by molar-refractivity contribution is 14.0. The molecule has 0 radical (unpaired) electrons. The van der Waals surface area contributed by atoms with Crippen molar-refractivity contribution in [2.45, 2.75) is 20.4 Å². The van der Waals surface area contributed by atoms with Gasteiger partial charge in [0.15, 0.2) is 5.96 Å². The van der Waals surface area contributed by atoms with Crippen molar-refractivity contribution < 1.29 is 4.79 Å². The Morgan fingerprint density at radius 3 is 2.63 bits per heavy atom. The summed E-state index contributed by atoms with van der Waals surface area (Å²) in [5.41, 5.74) is 1.21. The van der Waals surface area contributed by atoms with E-state index < -0.39 is 0 Å². The van der Waals surface area contributed by atoms with Crippen LogP contribution in [0.3, 0.4) is 0 Å². The van der Waals surface area contributed by atoms with E-state index in [-0.39, 0.29) is 29.9 Å². The quantitative estimate of drug-likeness (QED) is 0.296. The predicted octanol–water partition coefficient (Wildman–Crippen LogP) is 1.56. The van der Waals surface area contributed by atoms with E-state index in [1.165, 1.54) is 12.5 Å². The van der Waals surface area contributed by atoms with E-state index in [1.54, 1.807) is 11.3 Å². The molecule has 3 N–H and O–H groups in total. The Hall–Kier alpha value is -0.830. The molecule has 0 aromatic carbocycles. The van der Waals surface area contributed by atoms with Gasteiger partial charge in [0, 0.05) is 26.6 Å². The van der Waals surface area contributed by atoms with Gasteiger partial charge in [0.05, 0.1) is 6.54 Å². The first-order valence-electron chi connectivity index (χ1n) is 6.00. The van der Waals surface area contributed by atoms with Gasteiger partial charge in [-0.1, -0.05) is 0 Å². The van der Waals surface area contributed by atoms with Gasteiger partial charge in [0.25, 0.3) is 0 Å². The van der Waals surface area contributed by atoms with Gasteiger partial charge < -0.3 is 16.0 Å². The third-order valence-corrected chi connectivity index (χ3v) is 2.87. The normalized spacial score (nSPS) is 10.5. The van der Waals surface area contributed by atoms with Crippen molar-refractivity contribution in [3.05, 3.63) is 22.4 Å². The number of hydrogen-bond donors (Lipinski definition) is 3. The fourth-order valence-corrected chi connectivity index (χ4v) is 1.97. The molecule has 1 aromatic heterocycles. The average molecular weight is 396 g/mol. The Balaban J connectivity index is 0.00000324. The third-order valence-electron chi connectivity index (χ3n) is 2.14. The number of guanidine groups is 1. The van der Waals surface area contributed by atoms with Crippen LogP contribution in [0.15, 0.2) is 21.8 Å². The Morgan fingerprint density at radius 2 is 2.05 bits per heavy atom. The Kier molecular flexibility index (Phi) is 10.6. The van der Waals surface area contributed by atoms with Crippen LogP contribution in [0.2, 0.25) is 0 Å². The molecule has 108 valence electrons. The van der Waals surface area contributed by atoms with Crippen molar-refractivity contribution in [1.29, 1.82) is 0 Å². The number of hydrogen-bond acceptors (Lipinski definition) is 3. The molecule has 0 aliphatic rings. The van der Waals surface area contributed by atoms with Crippen molar-refractivity contribution in [2.24, 2.45) is 4.99 Å². The number of thiophene rings is 1. The van der Waals surface area contributed by atoms with Crippen LogP contribution in [0, 0.1) is 0 Å². The van der Waals surface area contributed by atoms with Gasteiger partial charge in [-0.2, -0.15) is 11.3 Å². The highest BCUT2D eigenvalue weighted by atomic mass is 127. The second-order valence-corrected chi connectivity index (χ2v) is 4.52. The number of nitrogens with one attached hydrogen (secondary N) is 3. The fourth-order valence-electron chi connectivity index (χ4n) is 1.31. The molecule has 0 saturated carbocycles. The Labute approximate surface area is 135 Å². The molecule has 5 nitrogen and oxygen atoms in total. The highest BCUT2D eigenvalue weighted by Gasteiger charge is 1.97. The molecule has 1 amide bonds. The average Bonchev–Trinajstić information content (AvgIpc) is 2.84. The zero-order valence-corrected chi connectivity index (χ0v) is 14.4. The third kappa shape index (κ3) is 8.82. The summed E-state index contributed by atoms with van der Waals surface area (Å²) >= 11 is 1.67. The van der Waals surface area contributed by atoms with Crippen LogP contribution in [0.25, 0.3) is 0 Å². The molecule has 1 aromatic rings. The molecule has 0 saturated heterocycles. The van der Waals surface area contributed by atoms with Gasteiger partial charge >= 0.3 is 0 Å². The molecule has 1 heterocycles. The largest absolute Gasteiger partial charge is 0.357 e. The first-order valence-corrected chi connectivity index (χ1v) is 6.94. The Morgan fingerprint density at radius 1 is 1.32 bits per heavy atom. The number of rotatable bonds is 6. The molecule has 0 aliphatic carbocycles. The van der Waals surface area contributed by atoms with Crippen LogP contribution in [-0.2, 0) is 11.3 Å². The van der Waals surface area contributed by atoms with Crippen LogP contribution >= 0.6 is 35.3 Å². The summed E-state index contributed by atoms with van der Waals surface area (Å²) in [4.78, 5) is 15.2. The second kappa shape index (κ2) is 11.0. The van der Waals surface area contributed by atoms with Crippen molar-refractivity contribution in [1.82, 2.24) is 16.0 Å². The minimum absolute atomic E-state index is 0. The number of halogens is 1. The number of carbonyl (C=O) groups excluding carboxylic acids is 1. The van der Waals surface area contributed by atoms with Crippen LogP contribution in [0.5, 0.6) is 0 Å². The molecule has 0 aliphatic heterocycles. The van der Waals surface area contributed by atoms with E-state index in [1.807, 2.05) is 12.3 Å². The first kappa shape index (κ1) is 18.2. The van der Waals surface area contributed by atoms with Gasteiger partial charge in [0.2, 0.25) is 5.91 Å². The van der Waals surface area contributed by atoms with Crippen LogP contribution in [0.4, 0.5) is 0 Å². The smallest absolute Gasteiger partial charge is 0.216 e. The molecule has 0 bridgehead atoms. The first-order chi connectivity index (χ1) is 8.72. The van der Waals surface area contributed by atoms with Crippen LogP contribution in [-0.4, -0.2) is 31.5 Å². The zero-order chi connectivity index (χ0) is 13.2. The summed E-state index contributed by atoms with van der Waals surface area (Å²) < 4.78 is 0. The van der Waals surface area contributed by atoms with Crippen molar-refractivity contribution in [3.63, 3.8) is 0 Å². The summed E-state index contributed by atoms with van der Waals surface area (Å²) in [5, 5.41) is 13.2. The predicted molar refractivity (Wildman–Crippen MR) is 91.2 cm³/mol. The molecule has 0 unspecified atom stereocenters. The van der Waals surface area contributed by atoms with E-state index in [0.29, 0.717) is 19.6 Å². The zero-order valence-electron chi connectivity index (χ0n) is 11.2. The van der Waals surface area contributed by atoms with Gasteiger partial charge in [-0.15, -0.1) is 24.0 Å². The molecule has 0 spiro atoms. The SMILES string of the molecule is CCNC(=NCc1ccsc1)NCCNC(C)=O.I. The van der Waals surface area contributed by atoms with E-state index in [9.17, 15) is 4.79 Å². The lowest BCUT2D eigenvalue weighted by Gasteiger charge is -2.11. The molecular formula is C12H21IN4OS. The standard InChI is InChI=1S/C12H20N4OS.HI/c1-3-13-12(15-6-5-14-10(2)17)16-8-11-4-7-18-9-11;/h4,7,9H,3,5-6,8H2,1-2H3,(H,14,17)(H2,13,15,16);1H. The minimum atomic E-state index is -0.0167. The summed E-state index contributed by atoms with van der Waals surface area (Å²) in [6.07, 6.45) is 0. The molecule has 19 heavy (non-hydrogen) atoms. The lowest BCUT2D eigenvalue weighted by Crippen LogP contribution is -2.41. The lowest BCUT2D eigenvalue weighted by atomic mass is 10.3. The van der Waals surface area contributed by atoms with E-state index >= 15 is 0 Å². The molecule has 0 fully saturated rings. The van der Waals surface area contributed by atoms with Crippen molar-refractivity contribution in [2.75, 3.05) is 19.6 Å². The minimum Gasteiger partial charge on any atom is -0.357 e. The molecule has 7 heteroatoms. The van der Waals surface area contributed by atoms with E-state index in [4.69, 9.17) is 0 Å². The molecular weight excluding hydrogens is 375 g/mol. The summed E-state index contributed by atoms with van der Waals surface area (Å²) in [6, 6.07) is 2.06. The number of carbonyl (C=O) groups is 1. The number of amides is 1. The van der Waals surface area contributed by atoms with Crippen LogP contribution in [0.1, 0.15) is 19.4 Å². The maximum absolute atomic E-state index is 10.7. The van der Waals surface area contributed by atoms with Gasteiger partial charge in [-0.05, 0) is 29.3 Å². The van der Waals surface area contributed by atoms with Gasteiger partial charge in [-0.3, -0.25) is 4.79 Å². The summed E-state index contributed by atoms with van der Waals surface area (Å²) in [7, 11) is 0. The topological polar surface area (TPSA) is 65.5 Å². The summed E-state index contributed by atoms with van der Waals surface area (Å²) in [6.45, 7) is 6.27. The number of aliphatic imine (C=N–C) groups is 1. The van der Waals surface area contributed by atoms with Crippen molar-refractivity contribution >= 4 is 47.2 Å². The van der Waals surface area contributed by atoms with E-state index in [0.717, 1.165) is 12.5 Å². The fraction of sp³-hybridized carbons (Fsp3) is 0.500.